The minimum Gasteiger partial charge on any atom is -0.442 e. The smallest absolute Gasteiger partial charge is 0.265 e. The molecule has 134 valence electrons. The van der Waals surface area contributed by atoms with E-state index in [1.165, 1.54) is 17.3 Å². The molecule has 7 nitrogen and oxygen atoms in total. The minimum atomic E-state index is -0.266. The number of nitrogens with zero attached hydrogens (tertiary/aromatic N) is 2. The molecule has 2 fully saturated rings. The summed E-state index contributed by atoms with van der Waals surface area (Å²) >= 11 is 0. The lowest BCUT2D eigenvalue weighted by Crippen LogP contribution is -2.53. The van der Waals surface area contributed by atoms with Gasteiger partial charge < -0.3 is 20.0 Å². The van der Waals surface area contributed by atoms with Gasteiger partial charge in [0.1, 0.15) is 17.5 Å². The molecule has 2 atom stereocenters. The maximum atomic E-state index is 13.0. The van der Waals surface area contributed by atoms with Crippen molar-refractivity contribution < 1.29 is 9.21 Å². The molecule has 2 bridgehead atoms. The molecule has 0 radical (unpaired) electrons. The van der Waals surface area contributed by atoms with Crippen LogP contribution in [0.1, 0.15) is 48.2 Å². The van der Waals surface area contributed by atoms with Gasteiger partial charge in [0.2, 0.25) is 5.71 Å². The van der Waals surface area contributed by atoms with Crippen molar-refractivity contribution in [3.8, 4) is 0 Å². The third kappa shape index (κ3) is 2.66. The summed E-state index contributed by atoms with van der Waals surface area (Å²) in [5.74, 6) is 1.04. The molecule has 3 N–H and O–H groups in total. The van der Waals surface area contributed by atoms with Gasteiger partial charge in [-0.25, -0.2) is 4.98 Å². The first-order valence-electron chi connectivity index (χ1n) is 8.97. The van der Waals surface area contributed by atoms with Crippen LogP contribution in [0.2, 0.25) is 0 Å². The fraction of sp³-hybridized carbons (Fsp3) is 0.611. The van der Waals surface area contributed by atoms with Crippen molar-refractivity contribution >= 4 is 17.0 Å². The number of hydrogen-bond donors (Lipinski definition) is 2. The van der Waals surface area contributed by atoms with Crippen molar-refractivity contribution in [2.75, 3.05) is 0 Å². The van der Waals surface area contributed by atoms with Crippen LogP contribution < -0.4 is 16.6 Å². The second-order valence-electron chi connectivity index (χ2n) is 7.56. The topological polar surface area (TPSA) is 103 Å². The van der Waals surface area contributed by atoms with Crippen LogP contribution >= 0.6 is 0 Å². The Balaban J connectivity index is 1.68. The van der Waals surface area contributed by atoms with Crippen LogP contribution in [-0.4, -0.2) is 27.5 Å². The first kappa shape index (κ1) is 16.3. The van der Waals surface area contributed by atoms with Crippen LogP contribution in [0.25, 0.3) is 11.1 Å². The van der Waals surface area contributed by atoms with Gasteiger partial charge in [-0.05, 0) is 44.4 Å². The summed E-state index contributed by atoms with van der Waals surface area (Å²) in [5.41, 5.74) is 6.44. The number of nitrogens with two attached hydrogens (primary N) is 1. The molecule has 0 saturated heterocycles. The van der Waals surface area contributed by atoms with E-state index in [0.717, 1.165) is 25.7 Å². The molecule has 7 heteroatoms. The zero-order valence-electron chi connectivity index (χ0n) is 14.6. The number of hydrogen-bond acceptors (Lipinski definition) is 5. The van der Waals surface area contributed by atoms with E-state index >= 15 is 0 Å². The molecular formula is C18H24N4O3. The monoisotopic (exact) mass is 344 g/mol. The molecule has 2 aliphatic carbocycles. The molecule has 2 unspecified atom stereocenters. The Kier molecular flexibility index (Phi) is 3.91. The van der Waals surface area contributed by atoms with E-state index in [9.17, 15) is 9.59 Å². The number of carbonyl (C=O) groups is 1. The first-order chi connectivity index (χ1) is 12.0. The predicted octanol–water partition coefficient (Wildman–Crippen LogP) is 1.47. The van der Waals surface area contributed by atoms with E-state index < -0.39 is 0 Å². The van der Waals surface area contributed by atoms with E-state index in [1.807, 2.05) is 0 Å². The molecule has 2 heterocycles. The van der Waals surface area contributed by atoms with E-state index in [1.54, 1.807) is 14.0 Å². The predicted molar refractivity (Wildman–Crippen MR) is 93.3 cm³/mol. The highest BCUT2D eigenvalue weighted by Gasteiger charge is 2.40. The lowest BCUT2D eigenvalue weighted by molar-refractivity contribution is 0.0756. The summed E-state index contributed by atoms with van der Waals surface area (Å²) in [7, 11) is 1.62. The minimum absolute atomic E-state index is 0.130. The van der Waals surface area contributed by atoms with Crippen LogP contribution in [0.3, 0.4) is 0 Å². The highest BCUT2D eigenvalue weighted by atomic mass is 16.3. The summed E-state index contributed by atoms with van der Waals surface area (Å²) in [6.45, 7) is 1.70. The van der Waals surface area contributed by atoms with Crippen molar-refractivity contribution in [1.82, 2.24) is 14.9 Å². The second-order valence-corrected chi connectivity index (χ2v) is 7.56. The average molecular weight is 344 g/mol. The van der Waals surface area contributed by atoms with Gasteiger partial charge in [-0.15, -0.1) is 0 Å². The number of carbonyl (C=O) groups excluding carboxylic acids is 1. The number of fused-ring (bicyclic) bond motifs is 3. The Morgan fingerprint density at radius 1 is 1.36 bits per heavy atom. The van der Waals surface area contributed by atoms with Crippen molar-refractivity contribution in [3.63, 3.8) is 0 Å². The Bertz CT molecular complexity index is 870. The van der Waals surface area contributed by atoms with Gasteiger partial charge in [-0.2, -0.15) is 0 Å². The van der Waals surface area contributed by atoms with Crippen LogP contribution in [0.4, 0.5) is 0 Å². The van der Waals surface area contributed by atoms with Gasteiger partial charge in [0, 0.05) is 19.1 Å². The summed E-state index contributed by atoms with van der Waals surface area (Å²) in [4.78, 5) is 29.6. The molecule has 2 aromatic rings. The van der Waals surface area contributed by atoms with Crippen molar-refractivity contribution in [2.24, 2.45) is 24.6 Å². The van der Waals surface area contributed by atoms with E-state index in [0.29, 0.717) is 23.2 Å². The fourth-order valence-electron chi connectivity index (χ4n) is 4.71. The molecule has 0 aliphatic heterocycles. The summed E-state index contributed by atoms with van der Waals surface area (Å²) in [5, 5.41) is 3.45. The van der Waals surface area contributed by atoms with E-state index in [2.05, 4.69) is 10.3 Å². The van der Waals surface area contributed by atoms with Crippen LogP contribution in [0.15, 0.2) is 15.5 Å². The number of aryl methyl sites for hydroxylation is 2. The Labute approximate surface area is 145 Å². The Hall–Kier alpha value is -2.15. The molecule has 2 aliphatic rings. The third-order valence-corrected chi connectivity index (χ3v) is 5.85. The van der Waals surface area contributed by atoms with Crippen molar-refractivity contribution in [2.45, 2.75) is 51.1 Å². The first-order valence-corrected chi connectivity index (χ1v) is 8.97. The third-order valence-electron chi connectivity index (χ3n) is 5.85. The molecule has 4 rings (SSSR count). The zero-order chi connectivity index (χ0) is 17.7. The number of aromatic nitrogens is 2. The van der Waals surface area contributed by atoms with Gasteiger partial charge in [0.15, 0.2) is 0 Å². The molecular weight excluding hydrogens is 320 g/mol. The van der Waals surface area contributed by atoms with E-state index in [-0.39, 0.29) is 34.6 Å². The Morgan fingerprint density at radius 3 is 2.72 bits per heavy atom. The Morgan fingerprint density at radius 2 is 2.04 bits per heavy atom. The van der Waals surface area contributed by atoms with Gasteiger partial charge in [0.05, 0.1) is 5.56 Å². The van der Waals surface area contributed by atoms with Gasteiger partial charge >= 0.3 is 0 Å². The molecule has 2 saturated carbocycles. The molecule has 0 aromatic carbocycles. The van der Waals surface area contributed by atoms with Crippen molar-refractivity contribution in [1.29, 1.82) is 0 Å². The summed E-state index contributed by atoms with van der Waals surface area (Å²) in [6.07, 6.45) is 6.72. The maximum Gasteiger partial charge on any atom is 0.265 e. The standard InChI is InChI=1S/C18H24N4O3/c1-9-13(14-17(25-9)20-8-22(2)18(14)24)16(23)21-15-10-4-3-5-11(15)7-12(19)6-10/h8,10-12,15H,3-7,19H2,1-2H3,(H,21,23). The molecule has 25 heavy (non-hydrogen) atoms. The number of nitrogens with one attached hydrogen (secondary N) is 1. The highest BCUT2D eigenvalue weighted by Crippen LogP contribution is 2.40. The van der Waals surface area contributed by atoms with Gasteiger partial charge in [-0.3, -0.25) is 9.59 Å². The van der Waals surface area contributed by atoms with E-state index in [4.69, 9.17) is 10.2 Å². The van der Waals surface area contributed by atoms with Crippen LogP contribution in [0.5, 0.6) is 0 Å². The summed E-state index contributed by atoms with van der Waals surface area (Å²) in [6, 6.07) is 0.363. The van der Waals surface area contributed by atoms with Crippen LogP contribution in [0, 0.1) is 18.8 Å². The average Bonchev–Trinajstić information content (AvgIpc) is 2.89. The quantitative estimate of drug-likeness (QED) is 0.859. The summed E-state index contributed by atoms with van der Waals surface area (Å²) < 4.78 is 6.91. The molecule has 0 spiro atoms. The zero-order valence-corrected chi connectivity index (χ0v) is 14.6. The fourth-order valence-corrected chi connectivity index (χ4v) is 4.71. The number of rotatable bonds is 2. The van der Waals surface area contributed by atoms with Gasteiger partial charge in [-0.1, -0.05) is 6.42 Å². The lowest BCUT2D eigenvalue weighted by Gasteiger charge is -2.45. The number of furan rings is 1. The highest BCUT2D eigenvalue weighted by molar-refractivity contribution is 6.06. The SMILES string of the molecule is Cc1oc2ncn(C)c(=O)c2c1C(=O)NC1C2CCCC1CC(N)C2. The van der Waals surface area contributed by atoms with Crippen molar-refractivity contribution in [3.05, 3.63) is 28.0 Å². The number of amides is 1. The van der Waals surface area contributed by atoms with Gasteiger partial charge in [0.25, 0.3) is 11.5 Å². The lowest BCUT2D eigenvalue weighted by atomic mass is 9.67. The maximum absolute atomic E-state index is 13.0. The van der Waals surface area contributed by atoms with Crippen LogP contribution in [-0.2, 0) is 7.05 Å². The normalized spacial score (nSPS) is 28.9. The largest absolute Gasteiger partial charge is 0.442 e. The molecule has 2 aromatic heterocycles. The second kappa shape index (κ2) is 5.98. The molecule has 1 amide bonds.